The third-order valence-corrected chi connectivity index (χ3v) is 5.66. The van der Waals surface area contributed by atoms with Gasteiger partial charge in [0.2, 0.25) is 11.7 Å². The van der Waals surface area contributed by atoms with Crippen LogP contribution in [0.25, 0.3) is 11.3 Å². The third kappa shape index (κ3) is 5.04. The first kappa shape index (κ1) is 21.7. The minimum atomic E-state index is -4.63. The number of hydrogen-bond donors (Lipinski definition) is 0. The van der Waals surface area contributed by atoms with Crippen LogP contribution in [0.2, 0.25) is 0 Å². The third-order valence-electron chi connectivity index (χ3n) is 5.66. The summed E-state index contributed by atoms with van der Waals surface area (Å²) in [5, 5.41) is 3.83. The molecule has 2 fully saturated rings. The maximum absolute atomic E-state index is 13.2. The molecule has 2 aromatic heterocycles. The monoisotopic (exact) mass is 439 g/mol. The van der Waals surface area contributed by atoms with Gasteiger partial charge in [-0.3, -0.25) is 9.69 Å². The van der Waals surface area contributed by atoms with Gasteiger partial charge in [0.05, 0.1) is 36.7 Å². The quantitative estimate of drug-likeness (QED) is 0.724. The lowest BCUT2D eigenvalue weighted by Gasteiger charge is -2.34. The Morgan fingerprint density at radius 3 is 2.52 bits per heavy atom. The van der Waals surface area contributed by atoms with Crippen molar-refractivity contribution in [3.05, 3.63) is 29.5 Å². The van der Waals surface area contributed by atoms with Crippen LogP contribution in [0.4, 0.5) is 13.2 Å². The molecule has 0 radical (unpaired) electrons. The number of hydrogen-bond acceptors (Lipinski definition) is 7. The number of carbonyl (C=O) groups is 1. The second-order valence-corrected chi connectivity index (χ2v) is 7.87. The molecule has 31 heavy (non-hydrogen) atoms. The smallest absolute Gasteiger partial charge is 0.378 e. The zero-order valence-corrected chi connectivity index (χ0v) is 17.2. The molecule has 4 heterocycles. The number of carbonyl (C=O) groups excluding carboxylic acids is 1. The average molecular weight is 439 g/mol. The lowest BCUT2D eigenvalue weighted by Crippen LogP contribution is -2.47. The number of rotatable bonds is 4. The number of amides is 1. The standard InChI is InChI=1S/C20H24F3N5O3/c1-13-10-16(31-26-13)15-11-24-19(20(21,22)23)25-18(15)14-2-4-27(5-3-14)12-17(29)28-6-8-30-9-7-28/h10-11,14H,2-9,12H2,1H3. The van der Waals surface area contributed by atoms with Crippen LogP contribution in [-0.2, 0) is 15.7 Å². The molecule has 2 aliphatic rings. The van der Waals surface area contributed by atoms with E-state index in [1.54, 1.807) is 17.9 Å². The van der Waals surface area contributed by atoms with Gasteiger partial charge in [-0.15, -0.1) is 0 Å². The first-order valence-electron chi connectivity index (χ1n) is 10.3. The van der Waals surface area contributed by atoms with E-state index in [-0.39, 0.29) is 11.8 Å². The zero-order valence-electron chi connectivity index (χ0n) is 17.2. The van der Waals surface area contributed by atoms with Crippen LogP contribution < -0.4 is 0 Å². The fraction of sp³-hybridized carbons (Fsp3) is 0.600. The highest BCUT2D eigenvalue weighted by atomic mass is 19.4. The van der Waals surface area contributed by atoms with Gasteiger partial charge in [-0.2, -0.15) is 13.2 Å². The summed E-state index contributed by atoms with van der Waals surface area (Å²) >= 11 is 0. The Balaban J connectivity index is 1.48. The van der Waals surface area contributed by atoms with Gasteiger partial charge in [-0.1, -0.05) is 5.16 Å². The zero-order chi connectivity index (χ0) is 22.0. The summed E-state index contributed by atoms with van der Waals surface area (Å²) in [7, 11) is 0. The molecule has 168 valence electrons. The van der Waals surface area contributed by atoms with Crippen LogP contribution in [-0.4, -0.2) is 76.8 Å². The number of likely N-dealkylation sites (tertiary alicyclic amines) is 1. The van der Waals surface area contributed by atoms with Gasteiger partial charge in [0, 0.05) is 31.3 Å². The summed E-state index contributed by atoms with van der Waals surface area (Å²) in [4.78, 5) is 23.7. The fourth-order valence-corrected chi connectivity index (χ4v) is 3.99. The molecule has 2 aliphatic heterocycles. The van der Waals surface area contributed by atoms with Crippen molar-refractivity contribution in [3.8, 4) is 11.3 Å². The van der Waals surface area contributed by atoms with Crippen molar-refractivity contribution in [2.75, 3.05) is 45.9 Å². The number of nitrogens with zero attached hydrogens (tertiary/aromatic N) is 5. The number of halogens is 3. The fourth-order valence-electron chi connectivity index (χ4n) is 3.99. The molecule has 1 amide bonds. The van der Waals surface area contributed by atoms with E-state index in [1.807, 2.05) is 4.90 Å². The summed E-state index contributed by atoms with van der Waals surface area (Å²) in [5.74, 6) is -0.946. The number of ether oxygens (including phenoxy) is 1. The SMILES string of the molecule is Cc1cc(-c2cnc(C(F)(F)F)nc2C2CCN(CC(=O)N3CCOCC3)CC2)on1. The Labute approximate surface area is 177 Å². The van der Waals surface area contributed by atoms with Crippen molar-refractivity contribution >= 4 is 5.91 Å². The van der Waals surface area contributed by atoms with Crippen molar-refractivity contribution in [3.63, 3.8) is 0 Å². The van der Waals surface area contributed by atoms with Crippen molar-refractivity contribution in [1.82, 2.24) is 24.9 Å². The summed E-state index contributed by atoms with van der Waals surface area (Å²) in [6, 6.07) is 1.66. The predicted octanol–water partition coefficient (Wildman–Crippen LogP) is 2.50. The highest BCUT2D eigenvalue weighted by Gasteiger charge is 2.37. The summed E-state index contributed by atoms with van der Waals surface area (Å²) in [6.45, 7) is 5.52. The van der Waals surface area contributed by atoms with E-state index in [4.69, 9.17) is 9.26 Å². The average Bonchev–Trinajstić information content (AvgIpc) is 3.20. The molecule has 2 aromatic rings. The molecule has 0 aromatic carbocycles. The Morgan fingerprint density at radius 1 is 1.19 bits per heavy atom. The van der Waals surface area contributed by atoms with E-state index in [0.717, 1.165) is 0 Å². The van der Waals surface area contributed by atoms with Crippen molar-refractivity contribution in [2.45, 2.75) is 31.9 Å². The maximum atomic E-state index is 13.2. The first-order chi connectivity index (χ1) is 14.8. The van der Waals surface area contributed by atoms with E-state index >= 15 is 0 Å². The number of morpholine rings is 1. The van der Waals surface area contributed by atoms with Crippen LogP contribution in [0.5, 0.6) is 0 Å². The predicted molar refractivity (Wildman–Crippen MR) is 103 cm³/mol. The van der Waals surface area contributed by atoms with Crippen molar-refractivity contribution < 1.29 is 27.2 Å². The van der Waals surface area contributed by atoms with Crippen molar-refractivity contribution in [1.29, 1.82) is 0 Å². The molecular weight excluding hydrogens is 415 g/mol. The van der Waals surface area contributed by atoms with Crippen LogP contribution in [0.15, 0.2) is 16.8 Å². The number of aromatic nitrogens is 3. The van der Waals surface area contributed by atoms with E-state index in [9.17, 15) is 18.0 Å². The number of alkyl halides is 3. The van der Waals surface area contributed by atoms with Crippen LogP contribution in [0, 0.1) is 6.92 Å². The van der Waals surface area contributed by atoms with Crippen LogP contribution in [0.1, 0.15) is 36.0 Å². The van der Waals surface area contributed by atoms with Gasteiger partial charge in [0.15, 0.2) is 5.76 Å². The summed E-state index contributed by atoms with van der Waals surface area (Å²) in [6.07, 6.45) is -2.29. The molecule has 2 saturated heterocycles. The van der Waals surface area contributed by atoms with Gasteiger partial charge in [-0.25, -0.2) is 9.97 Å². The van der Waals surface area contributed by atoms with Gasteiger partial charge in [0.1, 0.15) is 0 Å². The Hall–Kier alpha value is -2.53. The largest absolute Gasteiger partial charge is 0.451 e. The number of piperidine rings is 1. The van der Waals surface area contributed by atoms with E-state index < -0.39 is 12.0 Å². The minimum absolute atomic E-state index is 0.0565. The van der Waals surface area contributed by atoms with Gasteiger partial charge in [0.25, 0.3) is 0 Å². The molecular formula is C20H24F3N5O3. The maximum Gasteiger partial charge on any atom is 0.451 e. The van der Waals surface area contributed by atoms with Crippen molar-refractivity contribution in [2.24, 2.45) is 0 Å². The summed E-state index contributed by atoms with van der Waals surface area (Å²) in [5.41, 5.74) is 1.37. The highest BCUT2D eigenvalue weighted by Crippen LogP contribution is 2.36. The Morgan fingerprint density at radius 2 is 1.90 bits per heavy atom. The van der Waals surface area contributed by atoms with Gasteiger partial charge in [-0.05, 0) is 32.9 Å². The normalized spacial score (nSPS) is 19.0. The van der Waals surface area contributed by atoms with E-state index in [2.05, 4.69) is 15.1 Å². The summed E-state index contributed by atoms with van der Waals surface area (Å²) < 4.78 is 50.2. The Bertz CT molecular complexity index is 919. The molecule has 8 nitrogen and oxygen atoms in total. The molecule has 4 rings (SSSR count). The second-order valence-electron chi connectivity index (χ2n) is 7.87. The molecule has 0 atom stereocenters. The molecule has 0 spiro atoms. The molecule has 0 bridgehead atoms. The lowest BCUT2D eigenvalue weighted by molar-refractivity contribution is -0.145. The Kier molecular flexibility index (Phi) is 6.24. The van der Waals surface area contributed by atoms with E-state index in [1.165, 1.54) is 6.20 Å². The molecule has 0 aliphatic carbocycles. The van der Waals surface area contributed by atoms with Crippen LogP contribution >= 0.6 is 0 Å². The first-order valence-corrected chi connectivity index (χ1v) is 10.3. The second kappa shape index (κ2) is 8.91. The molecule has 0 saturated carbocycles. The van der Waals surface area contributed by atoms with Gasteiger partial charge >= 0.3 is 6.18 Å². The van der Waals surface area contributed by atoms with Crippen LogP contribution in [0.3, 0.4) is 0 Å². The molecule has 0 N–H and O–H groups in total. The topological polar surface area (TPSA) is 84.6 Å². The molecule has 11 heteroatoms. The number of aryl methyl sites for hydroxylation is 1. The minimum Gasteiger partial charge on any atom is -0.378 e. The highest BCUT2D eigenvalue weighted by molar-refractivity contribution is 5.78. The van der Waals surface area contributed by atoms with E-state index in [0.29, 0.717) is 81.5 Å². The molecule has 0 unspecified atom stereocenters. The lowest BCUT2D eigenvalue weighted by atomic mass is 9.90. The van der Waals surface area contributed by atoms with Gasteiger partial charge < -0.3 is 14.2 Å².